The Morgan fingerprint density at radius 2 is 1.50 bits per heavy atom. The van der Waals surface area contributed by atoms with E-state index in [0.717, 1.165) is 16.5 Å². The highest BCUT2D eigenvalue weighted by Crippen LogP contribution is 2.28. The minimum atomic E-state index is -4.41. The normalized spacial score (nSPS) is 10.9. The first kappa shape index (κ1) is 14.7. The number of benzene rings is 2. The van der Waals surface area contributed by atoms with Crippen LogP contribution < -0.4 is 0 Å². The van der Waals surface area contributed by atoms with Crippen molar-refractivity contribution < 1.29 is 13.0 Å². The Hall–Kier alpha value is -1.39. The third kappa shape index (κ3) is 2.71. The molecule has 0 aliphatic heterocycles. The molecule has 4 heteroatoms. The lowest BCUT2D eigenvalue weighted by Gasteiger charge is -2.13. The number of rotatable bonds is 1. The van der Waals surface area contributed by atoms with Crippen LogP contribution in [0.3, 0.4) is 0 Å². The number of hydrogen-bond acceptors (Lipinski definition) is 3. The molecule has 0 bridgehead atoms. The van der Waals surface area contributed by atoms with Crippen molar-refractivity contribution >= 4 is 20.9 Å². The second-order valence-corrected chi connectivity index (χ2v) is 5.18. The zero-order chi connectivity index (χ0) is 13.9. The van der Waals surface area contributed by atoms with E-state index < -0.39 is 10.1 Å². The Kier molecular flexibility index (Phi) is 4.48. The van der Waals surface area contributed by atoms with Crippen LogP contribution in [-0.4, -0.2) is 13.0 Å². The maximum atomic E-state index is 11.1. The summed E-state index contributed by atoms with van der Waals surface area (Å²) < 4.78 is 33.3. The summed E-state index contributed by atoms with van der Waals surface area (Å²) in [5.41, 5.74) is 1.95. The second kappa shape index (κ2) is 5.50. The zero-order valence-corrected chi connectivity index (χ0v) is 11.8. The van der Waals surface area contributed by atoms with Gasteiger partial charge in [0, 0.05) is 0 Å². The Morgan fingerprint density at radius 1 is 0.944 bits per heavy atom. The van der Waals surface area contributed by atoms with E-state index >= 15 is 0 Å². The first-order chi connectivity index (χ1) is 8.41. The molecule has 0 unspecified atom stereocenters. The van der Waals surface area contributed by atoms with Gasteiger partial charge in [0.1, 0.15) is 10.1 Å². The van der Waals surface area contributed by atoms with Crippen molar-refractivity contribution in [1.29, 1.82) is 0 Å². The summed E-state index contributed by atoms with van der Waals surface area (Å²) in [5.74, 6) is 0. The smallest absolute Gasteiger partial charge is 0.125 e. The van der Waals surface area contributed by atoms with Gasteiger partial charge in [0.2, 0.25) is 0 Å². The Labute approximate surface area is 108 Å². The highest BCUT2D eigenvalue weighted by molar-refractivity contribution is 7.86. The third-order valence-electron chi connectivity index (χ3n) is 2.69. The number of hydrogen-bond donors (Lipinski definition) is 0. The van der Waals surface area contributed by atoms with Crippen LogP contribution >= 0.6 is 0 Å². The lowest BCUT2D eigenvalue weighted by molar-refractivity contribution is 0.464. The standard InChI is InChI=1S/C12H12O3S.C2H6/c1-8-4-3-5-10-11(16(13,14)15)7-6-9(2)12(8)10;1-2/h3-7H,1-2H3,(H,13,14,15);1-2H3/p-1. The Balaban J connectivity index is 0.000000771. The fourth-order valence-electron chi connectivity index (χ4n) is 1.99. The Morgan fingerprint density at radius 3 is 2.06 bits per heavy atom. The van der Waals surface area contributed by atoms with Crippen molar-refractivity contribution in [3.63, 3.8) is 0 Å². The SMILES string of the molecule is CC.Cc1cccc2c(S(=O)(=O)[O-])ccc(C)c12. The average Bonchev–Trinajstić information content (AvgIpc) is 2.30. The molecular weight excluding hydrogens is 248 g/mol. The minimum Gasteiger partial charge on any atom is -0.744 e. The van der Waals surface area contributed by atoms with Gasteiger partial charge in [0.15, 0.2) is 0 Å². The molecule has 2 aromatic rings. The van der Waals surface area contributed by atoms with Gasteiger partial charge in [-0.2, -0.15) is 0 Å². The molecule has 0 fully saturated rings. The summed E-state index contributed by atoms with van der Waals surface area (Å²) in [4.78, 5) is -0.142. The number of aryl methyl sites for hydroxylation is 2. The maximum absolute atomic E-state index is 11.1. The summed E-state index contributed by atoms with van der Waals surface area (Å²) in [7, 11) is -4.41. The predicted molar refractivity (Wildman–Crippen MR) is 72.7 cm³/mol. The summed E-state index contributed by atoms with van der Waals surface area (Å²) >= 11 is 0. The Bertz CT molecular complexity index is 650. The number of fused-ring (bicyclic) bond motifs is 1. The van der Waals surface area contributed by atoms with E-state index in [9.17, 15) is 13.0 Å². The van der Waals surface area contributed by atoms with Gasteiger partial charge in [-0.3, -0.25) is 0 Å². The van der Waals surface area contributed by atoms with E-state index in [1.165, 1.54) is 6.07 Å². The summed E-state index contributed by atoms with van der Waals surface area (Å²) in [5, 5.41) is 1.36. The molecule has 2 rings (SSSR count). The summed E-state index contributed by atoms with van der Waals surface area (Å²) in [6, 6.07) is 8.36. The fraction of sp³-hybridized carbons (Fsp3) is 0.286. The van der Waals surface area contributed by atoms with E-state index in [4.69, 9.17) is 0 Å². The molecule has 98 valence electrons. The largest absolute Gasteiger partial charge is 0.744 e. The maximum Gasteiger partial charge on any atom is 0.125 e. The lowest BCUT2D eigenvalue weighted by atomic mass is 10.0. The summed E-state index contributed by atoms with van der Waals surface area (Å²) in [6.07, 6.45) is 0. The van der Waals surface area contributed by atoms with Crippen LogP contribution in [0.5, 0.6) is 0 Å². The van der Waals surface area contributed by atoms with Crippen LogP contribution in [0.2, 0.25) is 0 Å². The van der Waals surface area contributed by atoms with E-state index in [2.05, 4.69) is 0 Å². The van der Waals surface area contributed by atoms with Crippen molar-refractivity contribution in [2.45, 2.75) is 32.6 Å². The van der Waals surface area contributed by atoms with Crippen LogP contribution in [-0.2, 0) is 10.1 Å². The van der Waals surface area contributed by atoms with Crippen molar-refractivity contribution in [3.8, 4) is 0 Å². The van der Waals surface area contributed by atoms with E-state index in [1.807, 2.05) is 33.8 Å². The molecule has 0 radical (unpaired) electrons. The molecular formula is C14H17O3S-. The van der Waals surface area contributed by atoms with Crippen molar-refractivity contribution in [1.82, 2.24) is 0 Å². The van der Waals surface area contributed by atoms with Gasteiger partial charge in [-0.15, -0.1) is 0 Å². The van der Waals surface area contributed by atoms with Crippen LogP contribution in [0.4, 0.5) is 0 Å². The molecule has 0 spiro atoms. The molecule has 0 saturated heterocycles. The van der Waals surface area contributed by atoms with Crippen LogP contribution in [0.15, 0.2) is 35.2 Å². The lowest BCUT2D eigenvalue weighted by Crippen LogP contribution is -2.00. The molecule has 0 atom stereocenters. The van der Waals surface area contributed by atoms with Gasteiger partial charge >= 0.3 is 0 Å². The molecule has 0 aromatic heterocycles. The monoisotopic (exact) mass is 265 g/mol. The van der Waals surface area contributed by atoms with Crippen LogP contribution in [0, 0.1) is 13.8 Å². The predicted octanol–water partition coefficient (Wildman–Crippen LogP) is 3.39. The van der Waals surface area contributed by atoms with Crippen molar-refractivity contribution in [3.05, 3.63) is 41.5 Å². The van der Waals surface area contributed by atoms with E-state index in [1.54, 1.807) is 18.2 Å². The van der Waals surface area contributed by atoms with Crippen molar-refractivity contribution in [2.75, 3.05) is 0 Å². The van der Waals surface area contributed by atoms with Gasteiger partial charge in [-0.1, -0.05) is 38.1 Å². The zero-order valence-electron chi connectivity index (χ0n) is 11.0. The molecule has 0 heterocycles. The fourth-order valence-corrected chi connectivity index (χ4v) is 2.66. The van der Waals surface area contributed by atoms with E-state index in [0.29, 0.717) is 5.39 Å². The molecule has 0 N–H and O–H groups in total. The van der Waals surface area contributed by atoms with E-state index in [-0.39, 0.29) is 4.90 Å². The molecule has 0 aliphatic carbocycles. The van der Waals surface area contributed by atoms with Gasteiger partial charge in [0.25, 0.3) is 0 Å². The first-order valence-electron chi connectivity index (χ1n) is 5.86. The highest BCUT2D eigenvalue weighted by atomic mass is 32.2. The molecule has 0 saturated carbocycles. The van der Waals surface area contributed by atoms with Crippen LogP contribution in [0.1, 0.15) is 25.0 Å². The molecule has 18 heavy (non-hydrogen) atoms. The third-order valence-corrected chi connectivity index (χ3v) is 3.58. The topological polar surface area (TPSA) is 57.2 Å². The van der Waals surface area contributed by atoms with Gasteiger partial charge in [0.05, 0.1) is 4.90 Å². The molecule has 0 amide bonds. The second-order valence-electron chi connectivity index (χ2n) is 3.83. The van der Waals surface area contributed by atoms with Gasteiger partial charge < -0.3 is 4.55 Å². The van der Waals surface area contributed by atoms with Crippen LogP contribution in [0.25, 0.3) is 10.8 Å². The molecule has 3 nitrogen and oxygen atoms in total. The van der Waals surface area contributed by atoms with Gasteiger partial charge in [-0.25, -0.2) is 8.42 Å². The average molecular weight is 265 g/mol. The molecule has 0 aliphatic rings. The quantitative estimate of drug-likeness (QED) is 0.743. The van der Waals surface area contributed by atoms with Crippen molar-refractivity contribution in [2.24, 2.45) is 0 Å². The first-order valence-corrected chi connectivity index (χ1v) is 7.27. The highest BCUT2D eigenvalue weighted by Gasteiger charge is 2.09. The minimum absolute atomic E-state index is 0.142. The molecule has 2 aromatic carbocycles. The summed E-state index contributed by atoms with van der Waals surface area (Å²) in [6.45, 7) is 7.80. The van der Waals surface area contributed by atoms with Gasteiger partial charge in [-0.05, 0) is 41.8 Å².